The molecule has 1 amide bonds. The zero-order chi connectivity index (χ0) is 20.1. The number of rotatable bonds is 7. The second-order valence-electron chi connectivity index (χ2n) is 6.22. The summed E-state index contributed by atoms with van der Waals surface area (Å²) in [4.78, 5) is 18.5. The van der Waals surface area contributed by atoms with Crippen LogP contribution in [0.1, 0.15) is 17.9 Å². The molecule has 0 aliphatic carbocycles. The molecule has 2 aromatic carbocycles. The number of benzene rings is 2. The van der Waals surface area contributed by atoms with Crippen LogP contribution < -0.4 is 4.74 Å². The number of nitrogens with zero attached hydrogens (tertiary/aromatic N) is 3. The van der Waals surface area contributed by atoms with E-state index in [1.807, 2.05) is 30.3 Å². The Morgan fingerprint density at radius 2 is 2.00 bits per heavy atom. The second kappa shape index (κ2) is 9.21. The molecule has 0 saturated carbocycles. The van der Waals surface area contributed by atoms with Gasteiger partial charge in [0.25, 0.3) is 0 Å². The number of methoxy groups -OCH3 is 1. The third-order valence-corrected chi connectivity index (χ3v) is 4.94. The van der Waals surface area contributed by atoms with Crippen LogP contribution in [0, 0.1) is 0 Å². The molecule has 0 fully saturated rings. The van der Waals surface area contributed by atoms with Crippen molar-refractivity contribution in [3.8, 4) is 17.1 Å². The van der Waals surface area contributed by atoms with Crippen LogP contribution >= 0.6 is 27.5 Å². The van der Waals surface area contributed by atoms with Gasteiger partial charge in [-0.1, -0.05) is 32.7 Å². The lowest BCUT2D eigenvalue weighted by molar-refractivity contribution is -0.130. The average Bonchev–Trinajstić information content (AvgIpc) is 3.16. The fourth-order valence-corrected chi connectivity index (χ4v) is 3.23. The van der Waals surface area contributed by atoms with E-state index < -0.39 is 0 Å². The highest BCUT2D eigenvalue weighted by atomic mass is 79.9. The first-order valence-corrected chi connectivity index (χ1v) is 9.78. The Labute approximate surface area is 176 Å². The predicted octanol–water partition coefficient (Wildman–Crippen LogP) is 4.75. The molecule has 0 saturated heterocycles. The van der Waals surface area contributed by atoms with E-state index in [1.165, 1.54) is 0 Å². The fourth-order valence-electron chi connectivity index (χ4n) is 2.69. The maximum absolute atomic E-state index is 12.5. The standard InChI is InChI=1S/C20H19BrClN3O3/c1-25(12-14-11-15(21)5-8-17(14)27-2)19(26)10-9-18-23-20(24-28-18)13-3-6-16(22)7-4-13/h3-8,11H,9-10,12H2,1-2H3. The minimum absolute atomic E-state index is 0.0201. The van der Waals surface area contributed by atoms with Crippen molar-refractivity contribution in [1.82, 2.24) is 15.0 Å². The molecule has 0 aliphatic rings. The maximum atomic E-state index is 12.5. The molecule has 8 heteroatoms. The van der Waals surface area contributed by atoms with Crippen molar-refractivity contribution in [2.24, 2.45) is 0 Å². The van der Waals surface area contributed by atoms with Gasteiger partial charge in [0.1, 0.15) is 5.75 Å². The van der Waals surface area contributed by atoms with Crippen molar-refractivity contribution in [2.75, 3.05) is 14.2 Å². The van der Waals surface area contributed by atoms with Crippen LogP contribution in [-0.2, 0) is 17.8 Å². The van der Waals surface area contributed by atoms with Gasteiger partial charge in [0.2, 0.25) is 17.6 Å². The number of ether oxygens (including phenoxy) is 1. The summed E-state index contributed by atoms with van der Waals surface area (Å²) in [5.41, 5.74) is 1.74. The van der Waals surface area contributed by atoms with Gasteiger partial charge >= 0.3 is 0 Å². The van der Waals surface area contributed by atoms with E-state index in [4.69, 9.17) is 20.9 Å². The topological polar surface area (TPSA) is 68.5 Å². The summed E-state index contributed by atoms with van der Waals surface area (Å²) in [5.74, 6) is 1.62. The summed E-state index contributed by atoms with van der Waals surface area (Å²) in [6.07, 6.45) is 0.647. The minimum atomic E-state index is -0.0201. The molecule has 1 heterocycles. The Morgan fingerprint density at radius 1 is 1.25 bits per heavy atom. The third kappa shape index (κ3) is 5.11. The first-order chi connectivity index (χ1) is 13.5. The molecular formula is C20H19BrClN3O3. The van der Waals surface area contributed by atoms with Crippen molar-refractivity contribution in [2.45, 2.75) is 19.4 Å². The van der Waals surface area contributed by atoms with Crippen LogP contribution in [0.25, 0.3) is 11.4 Å². The smallest absolute Gasteiger partial charge is 0.227 e. The summed E-state index contributed by atoms with van der Waals surface area (Å²) in [6.45, 7) is 0.446. The van der Waals surface area contributed by atoms with Crippen molar-refractivity contribution >= 4 is 33.4 Å². The van der Waals surface area contributed by atoms with Crippen LogP contribution in [0.4, 0.5) is 0 Å². The molecule has 0 N–H and O–H groups in total. The van der Waals surface area contributed by atoms with E-state index in [0.29, 0.717) is 29.7 Å². The van der Waals surface area contributed by atoms with Gasteiger partial charge in [-0.25, -0.2) is 0 Å². The van der Waals surface area contributed by atoms with Gasteiger partial charge in [-0.15, -0.1) is 0 Å². The predicted molar refractivity (Wildman–Crippen MR) is 110 cm³/mol. The van der Waals surface area contributed by atoms with E-state index in [9.17, 15) is 4.79 Å². The number of aryl methyl sites for hydroxylation is 1. The summed E-state index contributed by atoms with van der Waals surface area (Å²) in [6, 6.07) is 12.9. The van der Waals surface area contributed by atoms with Crippen LogP contribution in [0.5, 0.6) is 5.75 Å². The lowest BCUT2D eigenvalue weighted by Crippen LogP contribution is -2.26. The van der Waals surface area contributed by atoms with Gasteiger partial charge in [0.15, 0.2) is 0 Å². The molecule has 0 atom stereocenters. The number of halogens is 2. The first-order valence-electron chi connectivity index (χ1n) is 8.61. The van der Waals surface area contributed by atoms with E-state index in [1.54, 1.807) is 31.2 Å². The minimum Gasteiger partial charge on any atom is -0.496 e. The maximum Gasteiger partial charge on any atom is 0.227 e. The average molecular weight is 465 g/mol. The Hall–Kier alpha value is -2.38. The van der Waals surface area contributed by atoms with Gasteiger partial charge in [0.05, 0.1) is 7.11 Å². The number of amides is 1. The Balaban J connectivity index is 1.58. The quantitative estimate of drug-likeness (QED) is 0.504. The molecule has 0 bridgehead atoms. The molecule has 1 aromatic heterocycles. The van der Waals surface area contributed by atoms with Gasteiger partial charge in [-0.3, -0.25) is 4.79 Å². The fraction of sp³-hybridized carbons (Fsp3) is 0.250. The van der Waals surface area contributed by atoms with Gasteiger partial charge in [-0.2, -0.15) is 4.98 Å². The normalized spacial score (nSPS) is 10.7. The van der Waals surface area contributed by atoms with E-state index in [2.05, 4.69) is 26.1 Å². The zero-order valence-electron chi connectivity index (χ0n) is 15.5. The van der Waals surface area contributed by atoms with Crippen molar-refractivity contribution in [1.29, 1.82) is 0 Å². The number of aromatic nitrogens is 2. The number of carbonyl (C=O) groups excluding carboxylic acids is 1. The second-order valence-corrected chi connectivity index (χ2v) is 7.58. The van der Waals surface area contributed by atoms with Crippen molar-refractivity contribution < 1.29 is 14.1 Å². The lowest BCUT2D eigenvalue weighted by Gasteiger charge is -2.18. The van der Waals surface area contributed by atoms with Gasteiger partial charge in [-0.05, 0) is 42.5 Å². The van der Waals surface area contributed by atoms with Crippen LogP contribution in [0.2, 0.25) is 5.02 Å². The summed E-state index contributed by atoms with van der Waals surface area (Å²) in [7, 11) is 3.37. The number of hydrogen-bond donors (Lipinski definition) is 0. The molecule has 146 valence electrons. The van der Waals surface area contributed by atoms with E-state index in [0.717, 1.165) is 21.3 Å². The Bertz CT molecular complexity index is 960. The molecule has 0 radical (unpaired) electrons. The molecule has 6 nitrogen and oxygen atoms in total. The summed E-state index contributed by atoms with van der Waals surface area (Å²) >= 11 is 9.33. The van der Waals surface area contributed by atoms with Crippen molar-refractivity contribution in [3.05, 3.63) is 63.4 Å². The number of hydrogen-bond acceptors (Lipinski definition) is 5. The summed E-state index contributed by atoms with van der Waals surface area (Å²) in [5, 5.41) is 4.61. The Morgan fingerprint density at radius 3 is 2.71 bits per heavy atom. The highest BCUT2D eigenvalue weighted by Crippen LogP contribution is 2.24. The molecule has 3 aromatic rings. The van der Waals surface area contributed by atoms with E-state index >= 15 is 0 Å². The zero-order valence-corrected chi connectivity index (χ0v) is 17.8. The van der Waals surface area contributed by atoms with Crippen LogP contribution in [0.3, 0.4) is 0 Å². The van der Waals surface area contributed by atoms with E-state index in [-0.39, 0.29) is 12.3 Å². The molecule has 0 aliphatic heterocycles. The van der Waals surface area contributed by atoms with Gasteiger partial charge < -0.3 is 14.2 Å². The van der Waals surface area contributed by atoms with Gasteiger partial charge in [0, 0.05) is 47.1 Å². The number of carbonyl (C=O) groups is 1. The van der Waals surface area contributed by atoms with Crippen molar-refractivity contribution in [3.63, 3.8) is 0 Å². The first kappa shape index (κ1) is 20.4. The molecule has 0 spiro atoms. The summed E-state index contributed by atoms with van der Waals surface area (Å²) < 4.78 is 11.6. The van der Waals surface area contributed by atoms with Crippen LogP contribution in [-0.4, -0.2) is 35.1 Å². The molecular weight excluding hydrogens is 446 g/mol. The largest absolute Gasteiger partial charge is 0.496 e. The lowest BCUT2D eigenvalue weighted by atomic mass is 10.2. The third-order valence-electron chi connectivity index (χ3n) is 4.20. The van der Waals surface area contributed by atoms with Crippen LogP contribution in [0.15, 0.2) is 51.5 Å². The monoisotopic (exact) mass is 463 g/mol. The Kier molecular flexibility index (Phi) is 6.70. The SMILES string of the molecule is COc1ccc(Br)cc1CN(C)C(=O)CCc1nc(-c2ccc(Cl)cc2)no1. The highest BCUT2D eigenvalue weighted by Gasteiger charge is 2.15. The molecule has 0 unspecified atom stereocenters. The molecule has 28 heavy (non-hydrogen) atoms. The molecule has 3 rings (SSSR count). The highest BCUT2D eigenvalue weighted by molar-refractivity contribution is 9.10.